The molecule has 0 saturated heterocycles. The minimum Gasteiger partial charge on any atom is -0.508 e. The van der Waals surface area contributed by atoms with E-state index in [1.165, 1.54) is 36.4 Å². The first kappa shape index (κ1) is 62.5. The van der Waals surface area contributed by atoms with Crippen molar-refractivity contribution in [1.82, 2.24) is 0 Å². The Morgan fingerprint density at radius 1 is 0.472 bits per heavy atom. The Morgan fingerprint density at radius 2 is 0.986 bits per heavy atom. The molecule has 0 saturated carbocycles. The summed E-state index contributed by atoms with van der Waals surface area (Å²) >= 11 is 0. The quantitative estimate of drug-likeness (QED) is 0.0214. The molecule has 0 atom stereocenters. The fourth-order valence-corrected chi connectivity index (χ4v) is 8.82. The molecule has 0 spiro atoms. The predicted octanol–water partition coefficient (Wildman–Crippen LogP) is 8.34. The van der Waals surface area contributed by atoms with Crippen LogP contribution in [0.2, 0.25) is 0 Å². The molecule has 0 heterocycles. The van der Waals surface area contributed by atoms with Gasteiger partial charge in [-0.25, -0.2) is 0 Å². The SMILES string of the molecule is Cc1ccccc1Nc1cc(O)ccc1N=Nc1ccc(Nc2ccc(N=Nc3c(S(=O)(=O)O)cc4cc(S(=O)(=O)O)c(N=Nc5ccc(S(=O)(=O)O)cc5)c(O)c4c3N)cc2S(=O)(=O)O)cc1.[Na].[Na].[Na].[Na]. The predicted molar refractivity (Wildman–Crippen MR) is 270 cm³/mol. The summed E-state index contributed by atoms with van der Waals surface area (Å²) in [6.07, 6.45) is 0. The van der Waals surface area contributed by atoms with Gasteiger partial charge in [0.1, 0.15) is 37.5 Å². The van der Waals surface area contributed by atoms with Crippen LogP contribution in [0.1, 0.15) is 5.56 Å². The molecule has 0 fully saturated rings. The number of nitrogen functional groups attached to an aromatic ring is 1. The third-order valence-electron chi connectivity index (χ3n) is 9.59. The molecule has 7 aromatic carbocycles. The average molecular weight is 1100 g/mol. The molecular weight excluding hydrogens is 1060 g/mol. The number of aryl methyl sites for hydroxylation is 1. The van der Waals surface area contributed by atoms with Gasteiger partial charge in [-0.05, 0) is 115 Å². The summed E-state index contributed by atoms with van der Waals surface area (Å²) in [6.45, 7) is 1.92. The van der Waals surface area contributed by atoms with Crippen LogP contribution in [-0.2, 0) is 40.5 Å². The molecule has 31 heteroatoms. The smallest absolute Gasteiger partial charge is 0.296 e. The molecule has 7 rings (SSSR count). The number of hydrogen-bond donors (Lipinski definition) is 9. The van der Waals surface area contributed by atoms with Gasteiger partial charge in [-0.2, -0.15) is 49.0 Å². The molecule has 4 radical (unpaired) electrons. The second-order valence-corrected chi connectivity index (χ2v) is 19.9. The van der Waals surface area contributed by atoms with Crippen molar-refractivity contribution < 1.29 is 62.1 Å². The zero-order chi connectivity index (χ0) is 49.3. The number of phenolic OH excluding ortho intramolecular Hbond substituents is 2. The molecule has 0 amide bonds. The van der Waals surface area contributed by atoms with Crippen LogP contribution in [0.5, 0.6) is 11.5 Å². The number of para-hydroxylation sites is 1. The molecular formula is C41H33N9Na4O14S4. The monoisotopic (exact) mass is 1100 g/mol. The van der Waals surface area contributed by atoms with Crippen LogP contribution < -0.4 is 16.4 Å². The van der Waals surface area contributed by atoms with Crippen molar-refractivity contribution in [2.45, 2.75) is 26.5 Å². The molecule has 0 aliphatic carbocycles. The van der Waals surface area contributed by atoms with E-state index in [0.717, 1.165) is 41.6 Å². The van der Waals surface area contributed by atoms with Crippen molar-refractivity contribution in [3.05, 3.63) is 127 Å². The van der Waals surface area contributed by atoms with E-state index in [1.54, 1.807) is 18.2 Å². The summed E-state index contributed by atoms with van der Waals surface area (Å²) in [4.78, 5) is -3.44. The number of anilines is 5. The molecule has 354 valence electrons. The summed E-state index contributed by atoms with van der Waals surface area (Å²) in [5.41, 5.74) is 6.43. The van der Waals surface area contributed by atoms with Crippen LogP contribution in [0.25, 0.3) is 10.8 Å². The maximum atomic E-state index is 12.6. The topological polar surface area (TPSA) is 382 Å². The van der Waals surface area contributed by atoms with Gasteiger partial charge < -0.3 is 26.6 Å². The average Bonchev–Trinajstić information content (AvgIpc) is 3.25. The van der Waals surface area contributed by atoms with Crippen LogP contribution >= 0.6 is 0 Å². The normalized spacial score (nSPS) is 12.0. The fraction of sp³-hybridized carbons (Fsp3) is 0.0244. The maximum Gasteiger partial charge on any atom is 0.296 e. The first-order valence-corrected chi connectivity index (χ1v) is 24.7. The van der Waals surface area contributed by atoms with Crippen molar-refractivity contribution in [2.75, 3.05) is 16.4 Å². The zero-order valence-corrected chi connectivity index (χ0v) is 49.7. The molecule has 0 aliphatic rings. The van der Waals surface area contributed by atoms with Crippen LogP contribution in [0.15, 0.2) is 172 Å². The third kappa shape index (κ3) is 15.2. The Bertz CT molecular complexity index is 3750. The van der Waals surface area contributed by atoms with E-state index in [9.17, 15) is 62.1 Å². The van der Waals surface area contributed by atoms with Crippen molar-refractivity contribution in [3.63, 3.8) is 0 Å². The van der Waals surface area contributed by atoms with Gasteiger partial charge in [-0.3, -0.25) is 18.2 Å². The number of aromatic hydroxyl groups is 2. The molecule has 0 bridgehead atoms. The van der Waals surface area contributed by atoms with Crippen LogP contribution in [0, 0.1) is 6.92 Å². The number of hydrogen-bond acceptors (Lipinski definition) is 19. The van der Waals surface area contributed by atoms with E-state index >= 15 is 0 Å². The standard InChI is InChI=1S/C41H33N9O14S4.4Na/c1-22-4-2-3-5-30(22)44-33-21-28(51)13-17-31(33)48-45-25-8-6-24(7-9-25)43-32-16-12-27(20-34(32)66(56,57)58)47-49-39-35(67(59,60)61)18-23-19-36(68(62,63)64)40(41(52)37(23)38(39)42)50-46-26-10-14-29(15-11-26)65(53,54)55;;;;/h2-21,43-44,51-52H,42H2,1H3,(H,53,54,55)(H,56,57,58)(H,59,60,61)(H,62,63,64);;;;. The van der Waals surface area contributed by atoms with Crippen LogP contribution in [0.3, 0.4) is 0 Å². The number of fused-ring (bicyclic) bond motifs is 1. The van der Waals surface area contributed by atoms with Gasteiger partial charge in [-0.15, -0.1) is 15.3 Å². The first-order valence-electron chi connectivity index (χ1n) is 18.9. The largest absolute Gasteiger partial charge is 0.508 e. The van der Waals surface area contributed by atoms with E-state index < -0.39 is 93.6 Å². The van der Waals surface area contributed by atoms with Gasteiger partial charge in [0.15, 0.2) is 5.75 Å². The second-order valence-electron chi connectivity index (χ2n) is 14.3. The molecule has 7 aromatic rings. The van der Waals surface area contributed by atoms with Crippen molar-refractivity contribution in [2.24, 2.45) is 30.7 Å². The zero-order valence-electron chi connectivity index (χ0n) is 38.4. The summed E-state index contributed by atoms with van der Waals surface area (Å²) in [6, 6.07) is 26.7. The van der Waals surface area contributed by atoms with Gasteiger partial charge in [0.05, 0.1) is 44.4 Å². The number of rotatable bonds is 14. The Hall–Kier alpha value is -3.76. The van der Waals surface area contributed by atoms with Crippen molar-refractivity contribution in [3.8, 4) is 11.5 Å². The van der Waals surface area contributed by atoms with Crippen molar-refractivity contribution in [1.29, 1.82) is 0 Å². The number of phenols is 2. The minimum absolute atomic E-state index is 0. The van der Waals surface area contributed by atoms with E-state index in [1.807, 2.05) is 31.2 Å². The Morgan fingerprint density at radius 3 is 1.56 bits per heavy atom. The number of benzene rings is 7. The Balaban J connectivity index is 0.00000342. The van der Waals surface area contributed by atoms with E-state index in [2.05, 4.69) is 41.3 Å². The Kier molecular flexibility index (Phi) is 21.9. The number of azo groups is 3. The summed E-state index contributed by atoms with van der Waals surface area (Å²) in [7, 11) is -20.2. The minimum atomic E-state index is -5.29. The van der Waals surface area contributed by atoms with Gasteiger partial charge in [0.2, 0.25) is 0 Å². The van der Waals surface area contributed by atoms with E-state index in [-0.39, 0.29) is 141 Å². The van der Waals surface area contributed by atoms with Gasteiger partial charge in [0, 0.05) is 136 Å². The molecule has 10 N–H and O–H groups in total. The number of nitrogens with two attached hydrogens (primary N) is 1. The number of nitrogens with one attached hydrogen (secondary N) is 2. The molecule has 23 nitrogen and oxygen atoms in total. The Labute approximate surface area is 499 Å². The summed E-state index contributed by atoms with van der Waals surface area (Å²) in [5, 5.41) is 50.1. The maximum absolute atomic E-state index is 12.6. The third-order valence-corrected chi connectivity index (χ3v) is 13.1. The molecule has 0 aliphatic heterocycles. The fourth-order valence-electron chi connectivity index (χ4n) is 6.34. The van der Waals surface area contributed by atoms with E-state index in [4.69, 9.17) is 5.73 Å². The molecule has 72 heavy (non-hydrogen) atoms. The van der Waals surface area contributed by atoms with Crippen LogP contribution in [0.4, 0.5) is 62.6 Å². The second kappa shape index (κ2) is 25.2. The van der Waals surface area contributed by atoms with Crippen molar-refractivity contribution >= 4 is 232 Å². The first-order chi connectivity index (χ1) is 31.9. The summed E-state index contributed by atoms with van der Waals surface area (Å²) < 4.78 is 138. The van der Waals surface area contributed by atoms with E-state index in [0.29, 0.717) is 34.9 Å². The number of nitrogens with zero attached hydrogens (tertiary/aromatic N) is 6. The van der Waals surface area contributed by atoms with Gasteiger partial charge in [0.25, 0.3) is 40.5 Å². The molecule has 0 unspecified atom stereocenters. The van der Waals surface area contributed by atoms with Crippen LogP contribution in [-0.4, -0.2) is 180 Å². The van der Waals surface area contributed by atoms with Gasteiger partial charge >= 0.3 is 0 Å². The molecule has 0 aromatic heterocycles. The summed E-state index contributed by atoms with van der Waals surface area (Å²) in [5.74, 6) is -1.10. The van der Waals surface area contributed by atoms with Gasteiger partial charge in [-0.1, -0.05) is 18.2 Å².